The molecule has 0 amide bonds. The maximum atomic E-state index is 8.28. The Morgan fingerprint density at radius 1 is 1.60 bits per heavy atom. The largest absolute Gasteiger partial charge is 0.300 e. The van der Waals surface area contributed by atoms with Gasteiger partial charge in [-0.25, -0.2) is 0 Å². The maximum absolute atomic E-state index is 8.28. The number of hydrogen-bond donors (Lipinski definition) is 1. The van der Waals surface area contributed by atoms with E-state index < -0.39 is 0 Å². The monoisotopic (exact) mass is 136 g/mol. The second kappa shape index (κ2) is 4.85. The Kier molecular flexibility index (Phi) is 4.37. The fourth-order valence-corrected chi connectivity index (χ4v) is 0.671. The third kappa shape index (κ3) is 3.95. The summed E-state index contributed by atoms with van der Waals surface area (Å²) in [5.74, 6) is 2.53. The smallest absolute Gasteiger partial charge is 0.0660 e. The SMILES string of the molecule is C#CC(C)NC(C)CC#N. The van der Waals surface area contributed by atoms with Gasteiger partial charge in [-0.2, -0.15) is 5.26 Å². The molecule has 0 heterocycles. The molecule has 0 radical (unpaired) electrons. The molecule has 0 aromatic carbocycles. The van der Waals surface area contributed by atoms with Crippen LogP contribution >= 0.6 is 0 Å². The number of terminal acetylenes is 1. The minimum absolute atomic E-state index is 0.0587. The van der Waals surface area contributed by atoms with Gasteiger partial charge in [0.25, 0.3) is 0 Å². The van der Waals surface area contributed by atoms with E-state index in [4.69, 9.17) is 11.7 Å². The molecule has 0 saturated heterocycles. The maximum Gasteiger partial charge on any atom is 0.0660 e. The van der Waals surface area contributed by atoms with E-state index in [9.17, 15) is 0 Å². The van der Waals surface area contributed by atoms with E-state index >= 15 is 0 Å². The standard InChI is InChI=1S/C8H12N2/c1-4-7(2)10-8(3)5-6-9/h1,7-8,10H,5H2,2-3H3. The number of nitriles is 1. The Bertz CT molecular complexity index is 161. The quantitative estimate of drug-likeness (QED) is 0.585. The summed E-state index contributed by atoms with van der Waals surface area (Å²) in [6, 6.07) is 2.32. The number of rotatable bonds is 3. The van der Waals surface area contributed by atoms with Gasteiger partial charge in [0.05, 0.1) is 18.5 Å². The van der Waals surface area contributed by atoms with Crippen LogP contribution in [0.5, 0.6) is 0 Å². The molecule has 2 heteroatoms. The van der Waals surface area contributed by atoms with Crippen molar-refractivity contribution in [1.29, 1.82) is 5.26 Å². The lowest BCUT2D eigenvalue weighted by Crippen LogP contribution is -2.32. The molecule has 2 nitrogen and oxygen atoms in total. The fraction of sp³-hybridized carbons (Fsp3) is 0.625. The summed E-state index contributed by atoms with van der Waals surface area (Å²) < 4.78 is 0. The van der Waals surface area contributed by atoms with Crippen LogP contribution in [0.2, 0.25) is 0 Å². The lowest BCUT2D eigenvalue weighted by Gasteiger charge is -2.11. The van der Waals surface area contributed by atoms with Crippen molar-refractivity contribution in [3.8, 4) is 18.4 Å². The Hall–Kier alpha value is -0.990. The molecular formula is C8H12N2. The Morgan fingerprint density at radius 3 is 2.60 bits per heavy atom. The molecule has 0 aliphatic heterocycles. The molecule has 54 valence electrons. The van der Waals surface area contributed by atoms with Crippen molar-refractivity contribution < 1.29 is 0 Å². The molecule has 0 rings (SSSR count). The second-order valence-electron chi connectivity index (χ2n) is 2.32. The lowest BCUT2D eigenvalue weighted by molar-refractivity contribution is 0.532. The van der Waals surface area contributed by atoms with E-state index in [2.05, 4.69) is 17.3 Å². The van der Waals surface area contributed by atoms with Crippen molar-refractivity contribution in [1.82, 2.24) is 5.32 Å². The first-order chi connectivity index (χ1) is 4.70. The summed E-state index contributed by atoms with van der Waals surface area (Å²) in [7, 11) is 0. The predicted octanol–water partition coefficient (Wildman–Crippen LogP) is 0.900. The fourth-order valence-electron chi connectivity index (χ4n) is 0.671. The van der Waals surface area contributed by atoms with Gasteiger partial charge >= 0.3 is 0 Å². The van der Waals surface area contributed by atoms with E-state index in [1.807, 2.05) is 13.8 Å². The topological polar surface area (TPSA) is 35.8 Å². The highest BCUT2D eigenvalue weighted by Gasteiger charge is 2.02. The first-order valence-corrected chi connectivity index (χ1v) is 3.29. The van der Waals surface area contributed by atoms with Gasteiger partial charge in [0.2, 0.25) is 0 Å². The molecule has 2 atom stereocenters. The average Bonchev–Trinajstić information content (AvgIpc) is 1.88. The summed E-state index contributed by atoms with van der Waals surface area (Å²) in [5.41, 5.74) is 0. The van der Waals surface area contributed by atoms with Crippen LogP contribution in [0, 0.1) is 23.7 Å². The van der Waals surface area contributed by atoms with Crippen molar-refractivity contribution in [3.05, 3.63) is 0 Å². The molecule has 0 saturated carbocycles. The first-order valence-electron chi connectivity index (χ1n) is 3.29. The summed E-state index contributed by atoms with van der Waals surface area (Å²) in [6.07, 6.45) is 5.63. The van der Waals surface area contributed by atoms with Gasteiger partial charge in [-0.1, -0.05) is 5.92 Å². The Labute approximate surface area is 62.2 Å². The zero-order valence-electron chi connectivity index (χ0n) is 6.39. The molecule has 0 aromatic rings. The summed E-state index contributed by atoms with van der Waals surface area (Å²) >= 11 is 0. The van der Waals surface area contributed by atoms with E-state index in [1.54, 1.807) is 0 Å². The van der Waals surface area contributed by atoms with Crippen LogP contribution < -0.4 is 5.32 Å². The molecule has 0 bridgehead atoms. The number of hydrogen-bond acceptors (Lipinski definition) is 2. The van der Waals surface area contributed by atoms with Crippen LogP contribution in [0.1, 0.15) is 20.3 Å². The summed E-state index contributed by atoms with van der Waals surface area (Å²) in [6.45, 7) is 3.84. The third-order valence-electron chi connectivity index (χ3n) is 1.18. The van der Waals surface area contributed by atoms with Crippen LogP contribution in [0.4, 0.5) is 0 Å². The second-order valence-corrected chi connectivity index (χ2v) is 2.32. The van der Waals surface area contributed by atoms with Crippen LogP contribution in [-0.4, -0.2) is 12.1 Å². The van der Waals surface area contributed by atoms with Gasteiger partial charge in [0.15, 0.2) is 0 Å². The minimum Gasteiger partial charge on any atom is -0.300 e. The van der Waals surface area contributed by atoms with E-state index in [0.29, 0.717) is 6.42 Å². The molecule has 10 heavy (non-hydrogen) atoms. The Morgan fingerprint density at radius 2 is 2.20 bits per heavy atom. The Balaban J connectivity index is 3.51. The molecule has 0 aliphatic rings. The predicted molar refractivity (Wildman–Crippen MR) is 41.1 cm³/mol. The molecule has 1 N–H and O–H groups in total. The molecule has 0 fully saturated rings. The van der Waals surface area contributed by atoms with Gasteiger partial charge in [-0.15, -0.1) is 6.42 Å². The van der Waals surface area contributed by atoms with Crippen LogP contribution in [0.15, 0.2) is 0 Å². The van der Waals surface area contributed by atoms with Gasteiger partial charge in [0, 0.05) is 6.04 Å². The molecule has 0 aromatic heterocycles. The van der Waals surface area contributed by atoms with Gasteiger partial charge in [-0.3, -0.25) is 0 Å². The highest BCUT2D eigenvalue weighted by atomic mass is 14.9. The summed E-state index contributed by atoms with van der Waals surface area (Å²) in [5, 5.41) is 11.4. The van der Waals surface area contributed by atoms with E-state index in [0.717, 1.165) is 0 Å². The van der Waals surface area contributed by atoms with Crippen molar-refractivity contribution in [2.45, 2.75) is 32.4 Å². The van der Waals surface area contributed by atoms with Crippen molar-refractivity contribution in [3.63, 3.8) is 0 Å². The van der Waals surface area contributed by atoms with Gasteiger partial charge in [-0.05, 0) is 13.8 Å². The minimum atomic E-state index is 0.0587. The molecule has 0 aliphatic carbocycles. The van der Waals surface area contributed by atoms with Gasteiger partial charge < -0.3 is 5.32 Å². The molecule has 2 unspecified atom stereocenters. The number of nitrogens with one attached hydrogen (secondary N) is 1. The van der Waals surface area contributed by atoms with Crippen molar-refractivity contribution in [2.24, 2.45) is 0 Å². The lowest BCUT2D eigenvalue weighted by atomic mass is 10.2. The van der Waals surface area contributed by atoms with Crippen LogP contribution in [0.25, 0.3) is 0 Å². The average molecular weight is 136 g/mol. The highest BCUT2D eigenvalue weighted by molar-refractivity contribution is 4.97. The zero-order valence-corrected chi connectivity index (χ0v) is 6.39. The third-order valence-corrected chi connectivity index (χ3v) is 1.18. The molecule has 0 spiro atoms. The van der Waals surface area contributed by atoms with Crippen LogP contribution in [-0.2, 0) is 0 Å². The van der Waals surface area contributed by atoms with Crippen molar-refractivity contribution in [2.75, 3.05) is 0 Å². The number of nitrogens with zero attached hydrogens (tertiary/aromatic N) is 1. The van der Waals surface area contributed by atoms with Crippen molar-refractivity contribution >= 4 is 0 Å². The van der Waals surface area contributed by atoms with Crippen LogP contribution in [0.3, 0.4) is 0 Å². The highest BCUT2D eigenvalue weighted by Crippen LogP contribution is 1.89. The normalized spacial score (nSPS) is 14.8. The van der Waals surface area contributed by atoms with E-state index in [1.165, 1.54) is 0 Å². The molecular weight excluding hydrogens is 124 g/mol. The first kappa shape index (κ1) is 9.01. The zero-order chi connectivity index (χ0) is 7.98. The summed E-state index contributed by atoms with van der Waals surface area (Å²) in [4.78, 5) is 0. The van der Waals surface area contributed by atoms with E-state index in [-0.39, 0.29) is 12.1 Å². The van der Waals surface area contributed by atoms with Gasteiger partial charge in [0.1, 0.15) is 0 Å².